The fraction of sp³-hybridized carbons (Fsp3) is 0.391. The second-order valence-corrected chi connectivity index (χ2v) is 13.8. The van der Waals surface area contributed by atoms with E-state index in [1.165, 1.54) is 6.20 Å². The van der Waals surface area contributed by atoms with Gasteiger partial charge in [-0.3, -0.25) is 9.78 Å². The summed E-state index contributed by atoms with van der Waals surface area (Å²) in [4.78, 5) is 16.2. The van der Waals surface area contributed by atoms with Crippen molar-refractivity contribution in [3.63, 3.8) is 0 Å². The van der Waals surface area contributed by atoms with Gasteiger partial charge in [0, 0.05) is 42.6 Å². The number of aliphatic hydroxyl groups excluding tert-OH is 1. The Kier molecular flexibility index (Phi) is 6.33. The normalized spacial score (nSPS) is 13.3. The van der Waals surface area contributed by atoms with Crippen molar-refractivity contribution in [3.05, 3.63) is 60.6 Å². The number of hydrogen-bond donors (Lipinski definition) is 2. The third kappa shape index (κ3) is 4.74. The molecule has 160 valence electrons. The van der Waals surface area contributed by atoms with Crippen LogP contribution in [0.15, 0.2) is 55.0 Å². The molecule has 0 bridgehead atoms. The first-order valence-corrected chi connectivity index (χ1v) is 13.1. The summed E-state index contributed by atoms with van der Waals surface area (Å²) in [5.74, 6) is 0.482. The predicted molar refractivity (Wildman–Crippen MR) is 122 cm³/mol. The monoisotopic (exact) mass is 425 g/mol. The quantitative estimate of drug-likeness (QED) is 0.554. The van der Waals surface area contributed by atoms with Crippen molar-refractivity contribution >= 4 is 25.1 Å². The van der Waals surface area contributed by atoms with Gasteiger partial charge in [-0.25, -0.2) is 0 Å². The van der Waals surface area contributed by atoms with Crippen molar-refractivity contribution < 1.29 is 14.3 Å². The van der Waals surface area contributed by atoms with Crippen LogP contribution in [0.1, 0.15) is 32.4 Å². The van der Waals surface area contributed by atoms with E-state index in [9.17, 15) is 9.90 Å². The van der Waals surface area contributed by atoms with Crippen LogP contribution in [0.2, 0.25) is 18.1 Å². The second-order valence-electron chi connectivity index (χ2n) is 9.04. The zero-order valence-electron chi connectivity index (χ0n) is 18.3. The Labute approximate surface area is 179 Å². The summed E-state index contributed by atoms with van der Waals surface area (Å²) in [7, 11) is -1.94. The lowest BCUT2D eigenvalue weighted by Crippen LogP contribution is -2.43. The Morgan fingerprint density at radius 3 is 2.67 bits per heavy atom. The maximum atomic E-state index is 12.2. The summed E-state index contributed by atoms with van der Waals surface area (Å²) < 4.78 is 8.62. The maximum absolute atomic E-state index is 12.2. The van der Waals surface area contributed by atoms with E-state index in [1.54, 1.807) is 18.3 Å². The Balaban J connectivity index is 1.67. The van der Waals surface area contributed by atoms with Crippen LogP contribution < -0.4 is 9.74 Å². The summed E-state index contributed by atoms with van der Waals surface area (Å²) in [5, 5.41) is 14.1. The van der Waals surface area contributed by atoms with E-state index in [2.05, 4.69) is 60.9 Å². The molecule has 30 heavy (non-hydrogen) atoms. The molecule has 0 saturated carbocycles. The molecule has 2 heterocycles. The van der Waals surface area contributed by atoms with Gasteiger partial charge in [0.1, 0.15) is 5.75 Å². The van der Waals surface area contributed by atoms with Gasteiger partial charge >= 0.3 is 0 Å². The van der Waals surface area contributed by atoms with Gasteiger partial charge in [0.2, 0.25) is 0 Å². The average Bonchev–Trinajstić information content (AvgIpc) is 3.11. The van der Waals surface area contributed by atoms with Gasteiger partial charge in [0.25, 0.3) is 14.2 Å². The molecule has 0 aliphatic heterocycles. The minimum absolute atomic E-state index is 0.122. The zero-order chi connectivity index (χ0) is 21.9. The minimum atomic E-state index is -1.94. The molecule has 0 radical (unpaired) electrons. The molecule has 3 rings (SSSR count). The third-order valence-electron chi connectivity index (χ3n) is 5.85. The van der Waals surface area contributed by atoms with Gasteiger partial charge in [0.15, 0.2) is 6.10 Å². The van der Waals surface area contributed by atoms with Crippen molar-refractivity contribution in [1.29, 1.82) is 0 Å². The van der Waals surface area contributed by atoms with Crippen molar-refractivity contribution in [2.75, 3.05) is 6.54 Å². The van der Waals surface area contributed by atoms with Crippen LogP contribution in [0.4, 0.5) is 0 Å². The lowest BCUT2D eigenvalue weighted by molar-refractivity contribution is -0.129. The summed E-state index contributed by atoms with van der Waals surface area (Å²) in [6, 6.07) is 11.5. The number of hydrogen-bond acceptors (Lipinski definition) is 4. The van der Waals surface area contributed by atoms with E-state index < -0.39 is 20.3 Å². The number of carbonyl (C=O) groups is 1. The molecule has 0 aliphatic carbocycles. The maximum Gasteiger partial charge on any atom is 0.253 e. The third-order valence-corrected chi connectivity index (χ3v) is 10.2. The first-order valence-electron chi connectivity index (χ1n) is 10.2. The Morgan fingerprint density at radius 2 is 2.00 bits per heavy atom. The van der Waals surface area contributed by atoms with Crippen LogP contribution in [-0.4, -0.2) is 35.4 Å². The van der Waals surface area contributed by atoms with E-state index in [1.807, 2.05) is 18.3 Å². The van der Waals surface area contributed by atoms with Gasteiger partial charge < -0.3 is 19.4 Å². The van der Waals surface area contributed by atoms with Crippen LogP contribution in [0, 0.1) is 0 Å². The highest BCUT2D eigenvalue weighted by Crippen LogP contribution is 2.39. The highest BCUT2D eigenvalue weighted by atomic mass is 28.4. The molecule has 0 aliphatic rings. The fourth-order valence-electron chi connectivity index (χ4n) is 2.99. The highest BCUT2D eigenvalue weighted by molar-refractivity contribution is 6.74. The fourth-order valence-corrected chi connectivity index (χ4v) is 4.03. The number of aromatic nitrogens is 2. The number of carbonyl (C=O) groups excluding carboxylic acids is 1. The minimum Gasteiger partial charge on any atom is -0.543 e. The van der Waals surface area contributed by atoms with Crippen LogP contribution >= 0.6 is 0 Å². The number of fused-ring (bicyclic) bond motifs is 1. The van der Waals surface area contributed by atoms with E-state index in [-0.39, 0.29) is 5.04 Å². The molecule has 2 aromatic heterocycles. The standard InChI is InChI=1S/C23H31N3O3Si/c1-23(2,3)30(4,5)29-20-10-6-9-19-18(20)11-14-26(19)15-13-25-22(28)21(27)17-8-7-12-24-16-17/h6-12,14,16,21,27H,13,15H2,1-5H3,(H,25,28)/t21-/m1/s1. The summed E-state index contributed by atoms with van der Waals surface area (Å²) in [6.07, 6.45) is 3.89. The van der Waals surface area contributed by atoms with Crippen molar-refractivity contribution in [1.82, 2.24) is 14.9 Å². The van der Waals surface area contributed by atoms with Gasteiger partial charge in [-0.05, 0) is 42.4 Å². The molecule has 0 spiro atoms. The highest BCUT2D eigenvalue weighted by Gasteiger charge is 2.39. The first-order chi connectivity index (χ1) is 14.1. The van der Waals surface area contributed by atoms with Gasteiger partial charge in [-0.2, -0.15) is 0 Å². The number of nitrogens with one attached hydrogen (secondary N) is 1. The Morgan fingerprint density at radius 1 is 1.23 bits per heavy atom. The first kappa shape index (κ1) is 22.1. The average molecular weight is 426 g/mol. The molecular weight excluding hydrogens is 394 g/mol. The van der Waals surface area contributed by atoms with E-state index in [0.717, 1.165) is 16.7 Å². The summed E-state index contributed by atoms with van der Waals surface area (Å²) >= 11 is 0. The molecule has 6 nitrogen and oxygen atoms in total. The van der Waals surface area contributed by atoms with Gasteiger partial charge in [0.05, 0.1) is 5.52 Å². The lowest BCUT2D eigenvalue weighted by atomic mass is 10.1. The zero-order valence-corrected chi connectivity index (χ0v) is 19.3. The van der Waals surface area contributed by atoms with Gasteiger partial charge in [-0.1, -0.05) is 32.9 Å². The predicted octanol–water partition coefficient (Wildman–Crippen LogP) is 4.27. The largest absolute Gasteiger partial charge is 0.543 e. The van der Waals surface area contributed by atoms with E-state index in [4.69, 9.17) is 4.43 Å². The molecule has 1 aromatic carbocycles. The Hall–Kier alpha value is -2.64. The van der Waals surface area contributed by atoms with Crippen LogP contribution in [-0.2, 0) is 11.3 Å². The number of aliphatic hydroxyl groups is 1. The summed E-state index contributed by atoms with van der Waals surface area (Å²) in [5.41, 5.74) is 1.54. The SMILES string of the molecule is CC(C)(C)[Si](C)(C)Oc1cccc2c1ccn2CCNC(=O)[C@H](O)c1cccnc1. The molecule has 0 fully saturated rings. The van der Waals surface area contributed by atoms with Crippen LogP contribution in [0.25, 0.3) is 10.9 Å². The molecule has 1 amide bonds. The lowest BCUT2D eigenvalue weighted by Gasteiger charge is -2.36. The number of benzene rings is 1. The second kappa shape index (κ2) is 8.61. The van der Waals surface area contributed by atoms with E-state index in [0.29, 0.717) is 18.7 Å². The topological polar surface area (TPSA) is 76.4 Å². The van der Waals surface area contributed by atoms with Gasteiger partial charge in [-0.15, -0.1) is 0 Å². The number of amides is 1. The van der Waals surface area contributed by atoms with Crippen molar-refractivity contribution in [3.8, 4) is 5.75 Å². The van der Waals surface area contributed by atoms with E-state index >= 15 is 0 Å². The molecule has 7 heteroatoms. The molecular formula is C23H31N3O3Si. The number of pyridine rings is 1. The molecule has 1 atom stereocenters. The van der Waals surface area contributed by atoms with Crippen molar-refractivity contribution in [2.24, 2.45) is 0 Å². The molecule has 0 saturated heterocycles. The molecule has 3 aromatic rings. The summed E-state index contributed by atoms with van der Waals surface area (Å²) in [6.45, 7) is 12.2. The molecule has 0 unspecified atom stereocenters. The number of nitrogens with zero attached hydrogens (tertiary/aromatic N) is 2. The smallest absolute Gasteiger partial charge is 0.253 e. The Bertz CT molecular complexity index is 1010. The van der Waals surface area contributed by atoms with Crippen LogP contribution in [0.3, 0.4) is 0 Å². The van der Waals surface area contributed by atoms with Crippen molar-refractivity contribution in [2.45, 2.75) is 51.6 Å². The van der Waals surface area contributed by atoms with Crippen LogP contribution in [0.5, 0.6) is 5.75 Å². The molecule has 2 N–H and O–H groups in total. The number of rotatable bonds is 7.